The first-order valence-corrected chi connectivity index (χ1v) is 7.18. The van der Waals surface area contributed by atoms with E-state index in [1.807, 2.05) is 24.3 Å². The minimum atomic E-state index is 0.299. The number of benzene rings is 2. The first kappa shape index (κ1) is 12.2. The number of nitrogens with zero attached hydrogens (tertiary/aromatic N) is 4. The summed E-state index contributed by atoms with van der Waals surface area (Å²) < 4.78 is 6.92. The van der Waals surface area contributed by atoms with Crippen LogP contribution in [-0.4, -0.2) is 19.6 Å². The molecule has 0 saturated heterocycles. The quantitative estimate of drug-likeness (QED) is 0.480. The van der Waals surface area contributed by atoms with Crippen molar-refractivity contribution in [2.45, 2.75) is 0 Å². The highest BCUT2D eigenvalue weighted by Crippen LogP contribution is 2.27. The summed E-state index contributed by atoms with van der Waals surface area (Å²) in [6.45, 7) is 0. The lowest BCUT2D eigenvalue weighted by molar-refractivity contribution is 0.577. The predicted molar refractivity (Wildman–Crippen MR) is 87.9 cm³/mol. The van der Waals surface area contributed by atoms with Gasteiger partial charge in [0.05, 0.1) is 11.8 Å². The van der Waals surface area contributed by atoms with Crippen molar-refractivity contribution in [3.63, 3.8) is 0 Å². The monoisotopic (exact) mass is 301 g/mol. The summed E-state index contributed by atoms with van der Waals surface area (Å²) in [5, 5.41) is 7.55. The molecule has 5 rings (SSSR count). The summed E-state index contributed by atoms with van der Waals surface area (Å²) in [6.07, 6.45) is 1.59. The van der Waals surface area contributed by atoms with Gasteiger partial charge in [0, 0.05) is 5.39 Å². The highest BCUT2D eigenvalue weighted by atomic mass is 16.3. The molecule has 110 valence electrons. The van der Waals surface area contributed by atoms with Gasteiger partial charge >= 0.3 is 0 Å². The minimum absolute atomic E-state index is 0.299. The normalized spacial score (nSPS) is 11.7. The van der Waals surface area contributed by atoms with Gasteiger partial charge in [-0.3, -0.25) is 0 Å². The van der Waals surface area contributed by atoms with Crippen LogP contribution in [0.1, 0.15) is 0 Å². The van der Waals surface area contributed by atoms with E-state index >= 15 is 0 Å². The number of furan rings is 1. The maximum atomic E-state index is 6.05. The van der Waals surface area contributed by atoms with Crippen LogP contribution < -0.4 is 5.73 Å². The molecule has 0 spiro atoms. The molecule has 0 fully saturated rings. The molecule has 0 saturated carbocycles. The first-order valence-electron chi connectivity index (χ1n) is 7.18. The van der Waals surface area contributed by atoms with Crippen LogP contribution >= 0.6 is 0 Å². The van der Waals surface area contributed by atoms with Crippen molar-refractivity contribution in [1.82, 2.24) is 19.6 Å². The zero-order valence-electron chi connectivity index (χ0n) is 12.0. The Morgan fingerprint density at radius 2 is 1.78 bits per heavy atom. The van der Waals surface area contributed by atoms with Gasteiger partial charge in [-0.2, -0.15) is 4.52 Å². The van der Waals surface area contributed by atoms with Crippen LogP contribution in [0.25, 0.3) is 38.9 Å². The Balaban J connectivity index is 1.92. The van der Waals surface area contributed by atoms with E-state index in [2.05, 4.69) is 33.3 Å². The van der Waals surface area contributed by atoms with E-state index < -0.39 is 0 Å². The second-order valence-electron chi connectivity index (χ2n) is 5.33. The molecule has 6 nitrogen and oxygen atoms in total. The van der Waals surface area contributed by atoms with E-state index in [-0.39, 0.29) is 0 Å². The molecule has 2 aromatic carbocycles. The molecular weight excluding hydrogens is 290 g/mol. The predicted octanol–water partition coefficient (Wildman–Crippen LogP) is 3.27. The molecule has 0 radical (unpaired) electrons. The summed E-state index contributed by atoms with van der Waals surface area (Å²) in [5.74, 6) is 1.39. The van der Waals surface area contributed by atoms with Crippen LogP contribution in [0.2, 0.25) is 0 Å². The SMILES string of the molecule is Nc1nc2cc3ccccc3cc2c2nc(-c3ccco3)nn12. The van der Waals surface area contributed by atoms with Crippen molar-refractivity contribution < 1.29 is 4.42 Å². The van der Waals surface area contributed by atoms with Crippen molar-refractivity contribution in [3.05, 3.63) is 54.8 Å². The van der Waals surface area contributed by atoms with Crippen LogP contribution in [0.3, 0.4) is 0 Å². The standard InChI is InChI=1S/C17H11N5O/c18-17-19-13-9-11-5-2-1-4-10(11)8-12(13)16-20-15(21-22(16)17)14-6-3-7-23-14/h1-9H,(H2,18,19). The molecule has 0 bridgehead atoms. The molecule has 2 N–H and O–H groups in total. The third kappa shape index (κ3) is 1.72. The average molecular weight is 301 g/mol. The van der Waals surface area contributed by atoms with Gasteiger partial charge in [0.25, 0.3) is 0 Å². The van der Waals surface area contributed by atoms with Crippen molar-refractivity contribution in [1.29, 1.82) is 0 Å². The molecule has 6 heteroatoms. The number of anilines is 1. The van der Waals surface area contributed by atoms with Crippen LogP contribution in [0, 0.1) is 0 Å². The molecule has 0 aliphatic carbocycles. The van der Waals surface area contributed by atoms with Crippen LogP contribution in [-0.2, 0) is 0 Å². The number of nitrogens with two attached hydrogens (primary N) is 1. The highest BCUT2D eigenvalue weighted by Gasteiger charge is 2.15. The lowest BCUT2D eigenvalue weighted by Crippen LogP contribution is -2.02. The van der Waals surface area contributed by atoms with Gasteiger partial charge in [-0.25, -0.2) is 9.97 Å². The van der Waals surface area contributed by atoms with E-state index in [0.717, 1.165) is 21.7 Å². The molecule has 0 aliphatic heterocycles. The first-order chi connectivity index (χ1) is 11.3. The van der Waals surface area contributed by atoms with Gasteiger partial charge in [-0.1, -0.05) is 24.3 Å². The number of hydrogen-bond donors (Lipinski definition) is 1. The lowest BCUT2D eigenvalue weighted by Gasteiger charge is -2.04. The second-order valence-corrected chi connectivity index (χ2v) is 5.33. The Labute approximate surface area is 130 Å². The van der Waals surface area contributed by atoms with Crippen molar-refractivity contribution in [2.24, 2.45) is 0 Å². The Morgan fingerprint density at radius 1 is 0.957 bits per heavy atom. The van der Waals surface area contributed by atoms with Crippen LogP contribution in [0.15, 0.2) is 59.2 Å². The van der Waals surface area contributed by atoms with E-state index in [1.165, 1.54) is 0 Å². The molecular formula is C17H11N5O. The number of fused-ring (bicyclic) bond motifs is 4. The second kappa shape index (κ2) is 4.30. The maximum absolute atomic E-state index is 6.05. The fourth-order valence-electron chi connectivity index (χ4n) is 2.83. The molecule has 0 amide bonds. The topological polar surface area (TPSA) is 82.2 Å². The Kier molecular flexibility index (Phi) is 2.27. The number of nitrogen functional groups attached to an aromatic ring is 1. The summed E-state index contributed by atoms with van der Waals surface area (Å²) >= 11 is 0. The van der Waals surface area contributed by atoms with Crippen LogP contribution in [0.4, 0.5) is 5.95 Å². The van der Waals surface area contributed by atoms with E-state index in [9.17, 15) is 0 Å². The lowest BCUT2D eigenvalue weighted by atomic mass is 10.1. The van der Waals surface area contributed by atoms with Gasteiger partial charge in [0.2, 0.25) is 11.8 Å². The Hall–Kier alpha value is -3.41. The third-order valence-electron chi connectivity index (χ3n) is 3.91. The van der Waals surface area contributed by atoms with Gasteiger partial charge in [-0.05, 0) is 35.0 Å². The third-order valence-corrected chi connectivity index (χ3v) is 3.91. The molecule has 0 atom stereocenters. The van der Waals surface area contributed by atoms with Gasteiger partial charge in [-0.15, -0.1) is 5.10 Å². The van der Waals surface area contributed by atoms with Crippen molar-refractivity contribution >= 4 is 33.3 Å². The molecule has 0 unspecified atom stereocenters. The van der Waals surface area contributed by atoms with Crippen molar-refractivity contribution in [3.8, 4) is 11.6 Å². The van der Waals surface area contributed by atoms with E-state index in [0.29, 0.717) is 23.2 Å². The molecule has 3 aromatic heterocycles. The summed E-state index contributed by atoms with van der Waals surface area (Å²) in [4.78, 5) is 9.05. The fraction of sp³-hybridized carbons (Fsp3) is 0. The minimum Gasteiger partial charge on any atom is -0.461 e. The molecule has 23 heavy (non-hydrogen) atoms. The Bertz CT molecular complexity index is 1170. The largest absolute Gasteiger partial charge is 0.461 e. The number of aromatic nitrogens is 4. The summed E-state index contributed by atoms with van der Waals surface area (Å²) in [7, 11) is 0. The zero-order chi connectivity index (χ0) is 15.4. The van der Waals surface area contributed by atoms with Gasteiger partial charge < -0.3 is 10.2 Å². The highest BCUT2D eigenvalue weighted by molar-refractivity contribution is 6.02. The number of hydrogen-bond acceptors (Lipinski definition) is 5. The van der Waals surface area contributed by atoms with Crippen molar-refractivity contribution in [2.75, 3.05) is 5.73 Å². The molecule has 0 aliphatic rings. The molecule has 3 heterocycles. The van der Waals surface area contributed by atoms with Gasteiger partial charge in [0.1, 0.15) is 0 Å². The zero-order valence-corrected chi connectivity index (χ0v) is 12.0. The molecule has 5 aromatic rings. The summed E-state index contributed by atoms with van der Waals surface area (Å²) in [6, 6.07) is 15.8. The smallest absolute Gasteiger partial charge is 0.223 e. The Morgan fingerprint density at radius 3 is 2.57 bits per heavy atom. The van der Waals surface area contributed by atoms with E-state index in [1.54, 1.807) is 16.8 Å². The summed E-state index contributed by atoms with van der Waals surface area (Å²) in [5.41, 5.74) is 7.52. The maximum Gasteiger partial charge on any atom is 0.223 e. The fourth-order valence-corrected chi connectivity index (χ4v) is 2.83. The van der Waals surface area contributed by atoms with Gasteiger partial charge in [0.15, 0.2) is 11.4 Å². The average Bonchev–Trinajstić information content (AvgIpc) is 3.23. The van der Waals surface area contributed by atoms with E-state index in [4.69, 9.17) is 10.2 Å². The number of rotatable bonds is 1. The van der Waals surface area contributed by atoms with Crippen LogP contribution in [0.5, 0.6) is 0 Å².